The quantitative estimate of drug-likeness (QED) is 0.0310. The van der Waals surface area contributed by atoms with Gasteiger partial charge < -0.3 is 64.2 Å². The van der Waals surface area contributed by atoms with E-state index in [-0.39, 0.29) is 61.3 Å². The zero-order chi connectivity index (χ0) is 38.3. The van der Waals surface area contributed by atoms with Crippen molar-refractivity contribution in [2.24, 2.45) is 5.73 Å². The molecule has 1 atom stereocenters. The van der Waals surface area contributed by atoms with Crippen molar-refractivity contribution in [3.63, 3.8) is 0 Å². The van der Waals surface area contributed by atoms with Gasteiger partial charge in [-0.05, 0) is 44.9 Å². The van der Waals surface area contributed by atoms with Gasteiger partial charge >= 0.3 is 5.91 Å². The molecule has 0 heterocycles. The molecule has 0 aromatic rings. The molecular formula is C44H88Cl3N6O2-. The van der Waals surface area contributed by atoms with Crippen molar-refractivity contribution in [1.29, 1.82) is 0 Å². The lowest BCUT2D eigenvalue weighted by atomic mass is 10.0. The Hall–Kier alpha value is -1.48. The molecule has 55 heavy (non-hydrogen) atoms. The molecule has 2 amide bonds. The van der Waals surface area contributed by atoms with Crippen LogP contribution < -0.4 is 64.7 Å². The predicted octanol–water partition coefficient (Wildman–Crippen LogP) is -0.928. The van der Waals surface area contributed by atoms with Gasteiger partial charge in [0, 0.05) is 26.1 Å². The predicted molar refractivity (Wildman–Crippen MR) is 224 cm³/mol. The Morgan fingerprint density at radius 1 is 0.618 bits per heavy atom. The number of carbonyl (C=O) groups excluding carboxylic acids is 2. The number of carbonyl (C=O) groups is 2. The van der Waals surface area contributed by atoms with Crippen LogP contribution in [0, 0.1) is 0 Å². The van der Waals surface area contributed by atoms with Crippen molar-refractivity contribution in [1.82, 2.24) is 15.5 Å². The summed E-state index contributed by atoms with van der Waals surface area (Å²) in [5, 5.41) is 11.8. The van der Waals surface area contributed by atoms with E-state index in [0.717, 1.165) is 38.8 Å². The van der Waals surface area contributed by atoms with Crippen LogP contribution in [-0.4, -0.2) is 54.6 Å². The summed E-state index contributed by atoms with van der Waals surface area (Å²) in [6, 6.07) is -0.528. The molecule has 9 N–H and O–H groups in total. The number of hydrogen-bond acceptors (Lipinski definition) is 4. The van der Waals surface area contributed by atoms with Gasteiger partial charge in [-0.25, -0.2) is 0 Å². The summed E-state index contributed by atoms with van der Waals surface area (Å²) in [4.78, 5) is 28.0. The molecule has 0 aromatic heterocycles. The summed E-state index contributed by atoms with van der Waals surface area (Å²) < 4.78 is 0. The first-order chi connectivity index (χ1) is 25.3. The number of nitrogens with two attached hydrogens (primary N) is 2. The number of nitrogens with zero attached hydrogens (tertiary/aromatic N) is 1. The van der Waals surface area contributed by atoms with E-state index >= 15 is 0 Å². The molecule has 0 aliphatic carbocycles. The molecule has 0 bridgehead atoms. The fraction of sp³-hybridized carbons (Fsp3) is 0.841. The van der Waals surface area contributed by atoms with Crippen molar-refractivity contribution in [2.45, 2.75) is 213 Å². The first-order valence-corrected chi connectivity index (χ1v) is 22.2. The molecule has 8 nitrogen and oxygen atoms in total. The molecule has 328 valence electrons. The van der Waals surface area contributed by atoms with Crippen LogP contribution in [0.25, 0.3) is 0 Å². The van der Waals surface area contributed by atoms with Crippen LogP contribution in [-0.2, 0) is 9.59 Å². The molecule has 0 saturated heterocycles. The lowest BCUT2D eigenvalue weighted by Gasteiger charge is -2.24. The minimum absolute atomic E-state index is 0. The average molecular weight is 840 g/mol. The third-order valence-electron chi connectivity index (χ3n) is 10.2. The Balaban J connectivity index is -0.00000433. The first-order valence-electron chi connectivity index (χ1n) is 22.2. The molecule has 0 aromatic carbocycles. The molecule has 0 saturated carbocycles. The molecule has 0 aliphatic heterocycles. The number of halogens is 3. The summed E-state index contributed by atoms with van der Waals surface area (Å²) in [5.74, 6) is 0.115. The average Bonchev–Trinajstić information content (AvgIpc) is 3.13. The van der Waals surface area contributed by atoms with E-state index in [0.29, 0.717) is 25.2 Å². The second-order valence-corrected chi connectivity index (χ2v) is 15.3. The van der Waals surface area contributed by atoms with Crippen LogP contribution in [0.3, 0.4) is 0 Å². The van der Waals surface area contributed by atoms with E-state index in [9.17, 15) is 9.59 Å². The van der Waals surface area contributed by atoms with Crippen molar-refractivity contribution in [3.05, 3.63) is 24.6 Å². The van der Waals surface area contributed by atoms with Gasteiger partial charge in [-0.2, -0.15) is 0 Å². The highest BCUT2D eigenvalue weighted by Gasteiger charge is 2.25. The third-order valence-corrected chi connectivity index (χ3v) is 10.2. The monoisotopic (exact) mass is 838 g/mol. The second-order valence-electron chi connectivity index (χ2n) is 15.3. The smallest absolute Gasteiger partial charge is 0.311 e. The lowest BCUT2D eigenvalue weighted by molar-refractivity contribution is -0.403. The van der Waals surface area contributed by atoms with E-state index in [2.05, 4.69) is 48.9 Å². The number of unbranched alkanes of at least 4 members (excludes halogenated alkanes) is 25. The van der Waals surface area contributed by atoms with Gasteiger partial charge in [0.2, 0.25) is 5.71 Å². The van der Waals surface area contributed by atoms with Crippen molar-refractivity contribution in [3.8, 4) is 0 Å². The number of allylic oxidation sites excluding steroid dienone is 2. The molecule has 0 aliphatic rings. The summed E-state index contributed by atoms with van der Waals surface area (Å²) >= 11 is 0. The molecule has 0 radical (unpaired) electrons. The topological polar surface area (TPSA) is 141 Å². The van der Waals surface area contributed by atoms with Gasteiger partial charge in [0.15, 0.2) is 6.04 Å². The third kappa shape index (κ3) is 42.0. The standard InChI is InChI=1S/C44H86N6O2.3ClH/c1-4-6-8-10-12-14-16-18-20-21-23-25-27-29-31-33-38-50(37-32-30-28-26-24-22-19-17-15-13-11-9-7-5-2)44(52)42(47)39-49-43(51)41(46)35-34-36-48-40(3)45;;;/h18,20,42,46,48H,3-17,19,21-39,45,47H2,1-2H3,(H,49,51);3*1H/p-1/b20-18-,46-41?;;;. The van der Waals surface area contributed by atoms with Gasteiger partial charge in [-0.15, -0.1) is 0 Å². The maximum absolute atomic E-state index is 13.5. The molecule has 11 heteroatoms. The van der Waals surface area contributed by atoms with E-state index in [1.807, 2.05) is 4.90 Å². The van der Waals surface area contributed by atoms with Crippen LogP contribution >= 0.6 is 0 Å². The largest absolute Gasteiger partial charge is 1.00 e. The maximum atomic E-state index is 13.5. The fourth-order valence-electron chi connectivity index (χ4n) is 6.70. The molecule has 0 fully saturated rings. The van der Waals surface area contributed by atoms with Gasteiger partial charge in [-0.3, -0.25) is 15.0 Å². The van der Waals surface area contributed by atoms with Crippen LogP contribution in [0.15, 0.2) is 24.6 Å². The summed E-state index contributed by atoms with van der Waals surface area (Å²) in [6.07, 6.45) is 42.2. The summed E-state index contributed by atoms with van der Waals surface area (Å²) in [7, 11) is 0. The molecule has 1 unspecified atom stereocenters. The van der Waals surface area contributed by atoms with Crippen LogP contribution in [0.4, 0.5) is 0 Å². The Morgan fingerprint density at radius 2 is 0.982 bits per heavy atom. The van der Waals surface area contributed by atoms with E-state index in [4.69, 9.17) is 11.1 Å². The van der Waals surface area contributed by atoms with Crippen LogP contribution in [0.5, 0.6) is 0 Å². The SMILES string of the molecule is C=C(N)NCCCC(=[NH2+])C(=O)NCC([NH3+])C(=O)N(CCCCCCCC/C=C\CCCCCCCC)CCCCCCCCCCCCCCCC.[Cl-].[Cl-].[Cl-]. The normalized spacial score (nSPS) is 11.3. The highest BCUT2D eigenvalue weighted by atomic mass is 35.5. The van der Waals surface area contributed by atoms with Gasteiger partial charge in [-0.1, -0.05) is 174 Å². The number of hydrogen-bond donors (Lipinski definition) is 5. The van der Waals surface area contributed by atoms with E-state index in [1.165, 1.54) is 154 Å². The molecule has 0 spiro atoms. The zero-order valence-corrected chi connectivity index (χ0v) is 38.0. The molecule has 0 rings (SSSR count). The summed E-state index contributed by atoms with van der Waals surface area (Å²) in [5.41, 5.74) is 9.91. The highest BCUT2D eigenvalue weighted by Crippen LogP contribution is 2.14. The number of nitrogens with one attached hydrogen (secondary N) is 2. The van der Waals surface area contributed by atoms with E-state index in [1.54, 1.807) is 0 Å². The van der Waals surface area contributed by atoms with Gasteiger partial charge in [0.25, 0.3) is 5.91 Å². The van der Waals surface area contributed by atoms with Crippen molar-refractivity contribution in [2.75, 3.05) is 26.2 Å². The summed E-state index contributed by atoms with van der Waals surface area (Å²) in [6.45, 7) is 10.5. The Bertz CT molecular complexity index is 909. The minimum Gasteiger partial charge on any atom is -1.00 e. The minimum atomic E-state index is -0.528. The Labute approximate surface area is 358 Å². The van der Waals surface area contributed by atoms with Crippen molar-refractivity contribution < 1.29 is 58.0 Å². The number of quaternary nitrogens is 1. The number of amides is 2. The zero-order valence-electron chi connectivity index (χ0n) is 35.7. The van der Waals surface area contributed by atoms with Gasteiger partial charge in [0.1, 0.15) is 0 Å². The highest BCUT2D eigenvalue weighted by molar-refractivity contribution is 6.36. The van der Waals surface area contributed by atoms with Crippen LogP contribution in [0.1, 0.15) is 206 Å². The lowest BCUT2D eigenvalue weighted by Crippen LogP contribution is -3.00. The first kappa shape index (κ1) is 60.2. The Kier molecular flexibility index (Phi) is 51.3. The fourth-order valence-corrected chi connectivity index (χ4v) is 6.70. The maximum Gasteiger partial charge on any atom is 0.311 e. The van der Waals surface area contributed by atoms with Gasteiger partial charge in [0.05, 0.1) is 12.4 Å². The molecular weight excluding hydrogens is 751 g/mol. The van der Waals surface area contributed by atoms with Crippen LogP contribution in [0.2, 0.25) is 0 Å². The number of rotatable bonds is 40. The Morgan fingerprint density at radius 3 is 1.36 bits per heavy atom. The second kappa shape index (κ2) is 46.9. The van der Waals surface area contributed by atoms with E-state index < -0.39 is 6.04 Å². The van der Waals surface area contributed by atoms with Crippen molar-refractivity contribution >= 4 is 17.5 Å².